The molecule has 0 radical (unpaired) electrons. The Bertz CT molecular complexity index is 230. The zero-order valence-corrected chi connectivity index (χ0v) is 13.4. The van der Waals surface area contributed by atoms with Crippen molar-refractivity contribution in [1.82, 2.24) is 4.90 Å². The number of carbonyl (C=O) groups is 1. The van der Waals surface area contributed by atoms with E-state index in [1.54, 1.807) is 7.11 Å². The van der Waals surface area contributed by atoms with Crippen LogP contribution in [0.1, 0.15) is 46.5 Å². The van der Waals surface area contributed by atoms with Crippen LogP contribution in [0.5, 0.6) is 0 Å². The average molecular weight is 273 g/mol. The third-order valence-electron chi connectivity index (χ3n) is 3.14. The van der Waals surface area contributed by atoms with Crippen LogP contribution >= 0.6 is 0 Å². The Morgan fingerprint density at radius 1 is 1.26 bits per heavy atom. The zero-order chi connectivity index (χ0) is 14.9. The Kier molecular flexibility index (Phi) is 9.23. The van der Waals surface area contributed by atoms with E-state index < -0.39 is 0 Å². The van der Waals surface area contributed by atoms with Crippen LogP contribution in [0.15, 0.2) is 0 Å². The number of likely N-dealkylation sites (N-methyl/N-ethyl adjacent to an activating group) is 1. The van der Waals surface area contributed by atoms with Crippen LogP contribution in [0.25, 0.3) is 0 Å². The molecule has 19 heavy (non-hydrogen) atoms. The topological polar surface area (TPSA) is 38.8 Å². The second-order valence-corrected chi connectivity index (χ2v) is 6.23. The summed E-state index contributed by atoms with van der Waals surface area (Å²) in [6.45, 7) is 6.39. The normalized spacial score (nSPS) is 18.1. The molecular formula is C15H31NO3. The van der Waals surface area contributed by atoms with Gasteiger partial charge in [-0.1, -0.05) is 12.8 Å². The van der Waals surface area contributed by atoms with Crippen molar-refractivity contribution in [3.8, 4) is 0 Å². The third kappa shape index (κ3) is 10.0. The minimum absolute atomic E-state index is 0.135. The summed E-state index contributed by atoms with van der Waals surface area (Å²) in [5.41, 5.74) is -0.169. The summed E-state index contributed by atoms with van der Waals surface area (Å²) < 4.78 is 10.6. The summed E-state index contributed by atoms with van der Waals surface area (Å²) in [7, 11) is 5.53. The van der Waals surface area contributed by atoms with Crippen molar-refractivity contribution in [1.29, 1.82) is 0 Å². The Morgan fingerprint density at radius 3 is 2.05 bits per heavy atom. The van der Waals surface area contributed by atoms with Gasteiger partial charge in [-0.25, -0.2) is 0 Å². The van der Waals surface area contributed by atoms with Gasteiger partial charge in [0.1, 0.15) is 6.29 Å². The minimum Gasteiger partial charge on any atom is -0.381 e. The number of nitrogens with zero attached hydrogens (tertiary/aromatic N) is 1. The SMILES string of the molecule is CN(C)[C@H](C=O)COC(C)(C)C.COC1CCCC1. The fraction of sp³-hybridized carbons (Fsp3) is 0.933. The van der Waals surface area contributed by atoms with Crippen LogP contribution in [0.4, 0.5) is 0 Å². The van der Waals surface area contributed by atoms with Crippen molar-refractivity contribution >= 4 is 6.29 Å². The fourth-order valence-electron chi connectivity index (χ4n) is 1.77. The summed E-state index contributed by atoms with van der Waals surface area (Å²) in [5.74, 6) is 0. The number of rotatable bonds is 5. The zero-order valence-electron chi connectivity index (χ0n) is 13.4. The van der Waals surface area contributed by atoms with Crippen molar-refractivity contribution in [2.45, 2.75) is 64.2 Å². The maximum Gasteiger partial charge on any atom is 0.139 e. The maximum absolute atomic E-state index is 10.5. The van der Waals surface area contributed by atoms with Crippen LogP contribution < -0.4 is 0 Å². The molecule has 114 valence electrons. The average Bonchev–Trinajstić information content (AvgIpc) is 2.81. The first-order chi connectivity index (χ1) is 8.80. The maximum atomic E-state index is 10.5. The molecule has 0 amide bonds. The molecule has 0 N–H and O–H groups in total. The highest BCUT2D eigenvalue weighted by molar-refractivity contribution is 5.57. The smallest absolute Gasteiger partial charge is 0.139 e. The Hall–Kier alpha value is -0.450. The Labute approximate surface area is 118 Å². The molecule has 4 nitrogen and oxygen atoms in total. The summed E-state index contributed by atoms with van der Waals surface area (Å²) in [4.78, 5) is 12.4. The van der Waals surface area contributed by atoms with Crippen molar-refractivity contribution in [2.24, 2.45) is 0 Å². The molecule has 0 heterocycles. The van der Waals surface area contributed by atoms with Crippen molar-refractivity contribution in [3.63, 3.8) is 0 Å². The van der Waals surface area contributed by atoms with E-state index in [-0.39, 0.29) is 11.6 Å². The van der Waals surface area contributed by atoms with E-state index in [1.165, 1.54) is 25.7 Å². The van der Waals surface area contributed by atoms with Crippen LogP contribution in [-0.2, 0) is 14.3 Å². The first-order valence-electron chi connectivity index (χ1n) is 7.08. The molecule has 1 aliphatic rings. The first kappa shape index (κ1) is 18.6. The molecule has 1 atom stereocenters. The van der Waals surface area contributed by atoms with Crippen molar-refractivity contribution in [2.75, 3.05) is 27.8 Å². The van der Waals surface area contributed by atoms with Gasteiger partial charge in [-0.15, -0.1) is 0 Å². The monoisotopic (exact) mass is 273 g/mol. The summed E-state index contributed by atoms with van der Waals surface area (Å²) in [6.07, 6.45) is 6.83. The van der Waals surface area contributed by atoms with E-state index in [4.69, 9.17) is 9.47 Å². The predicted molar refractivity (Wildman–Crippen MR) is 78.5 cm³/mol. The second kappa shape index (κ2) is 9.45. The molecule has 1 saturated carbocycles. The lowest BCUT2D eigenvalue weighted by molar-refractivity contribution is -0.115. The van der Waals surface area contributed by atoms with Gasteiger partial charge in [0.05, 0.1) is 24.4 Å². The van der Waals surface area contributed by atoms with E-state index in [0.29, 0.717) is 12.7 Å². The molecule has 0 aromatic rings. The molecule has 4 heteroatoms. The first-order valence-corrected chi connectivity index (χ1v) is 7.08. The molecule has 1 aliphatic carbocycles. The molecular weight excluding hydrogens is 242 g/mol. The lowest BCUT2D eigenvalue weighted by Gasteiger charge is -2.24. The number of hydrogen-bond acceptors (Lipinski definition) is 4. The largest absolute Gasteiger partial charge is 0.381 e. The standard InChI is InChI=1S/C9H19NO2.C6H12O/c1-9(2,3)12-7-8(6-11)10(4)5;1-7-6-4-2-3-5-6/h6,8H,7H2,1-5H3;6H,2-5H2,1H3/t8-;/m1./s1. The molecule has 1 rings (SSSR count). The van der Waals surface area contributed by atoms with E-state index in [1.807, 2.05) is 39.8 Å². The summed E-state index contributed by atoms with van der Waals surface area (Å²) >= 11 is 0. The van der Waals surface area contributed by atoms with Gasteiger partial charge in [-0.2, -0.15) is 0 Å². The van der Waals surface area contributed by atoms with Crippen LogP contribution in [0, 0.1) is 0 Å². The predicted octanol–water partition coefficient (Wildman–Crippen LogP) is 2.51. The van der Waals surface area contributed by atoms with Crippen molar-refractivity contribution < 1.29 is 14.3 Å². The summed E-state index contributed by atoms with van der Waals surface area (Å²) in [5, 5.41) is 0. The van der Waals surface area contributed by atoms with E-state index >= 15 is 0 Å². The van der Waals surface area contributed by atoms with Crippen LogP contribution in [0.2, 0.25) is 0 Å². The molecule has 0 saturated heterocycles. The fourth-order valence-corrected chi connectivity index (χ4v) is 1.77. The second-order valence-electron chi connectivity index (χ2n) is 6.23. The highest BCUT2D eigenvalue weighted by Crippen LogP contribution is 2.19. The van der Waals surface area contributed by atoms with Gasteiger partial charge in [-0.3, -0.25) is 4.90 Å². The molecule has 1 fully saturated rings. The lowest BCUT2D eigenvalue weighted by Crippen LogP contribution is -2.36. The number of hydrogen-bond donors (Lipinski definition) is 0. The number of ether oxygens (including phenoxy) is 2. The van der Waals surface area contributed by atoms with E-state index in [0.717, 1.165) is 6.29 Å². The van der Waals surface area contributed by atoms with Gasteiger partial charge in [0, 0.05) is 7.11 Å². The van der Waals surface area contributed by atoms with Gasteiger partial charge in [-0.05, 0) is 47.7 Å². The Balaban J connectivity index is 0.000000388. The lowest BCUT2D eigenvalue weighted by atomic mass is 10.2. The van der Waals surface area contributed by atoms with Gasteiger partial charge in [0.25, 0.3) is 0 Å². The quantitative estimate of drug-likeness (QED) is 0.722. The van der Waals surface area contributed by atoms with Gasteiger partial charge < -0.3 is 14.3 Å². The van der Waals surface area contributed by atoms with Crippen LogP contribution in [-0.4, -0.2) is 56.7 Å². The number of carbonyl (C=O) groups excluding carboxylic acids is 1. The highest BCUT2D eigenvalue weighted by atomic mass is 16.5. The molecule has 0 spiro atoms. The molecule has 0 unspecified atom stereocenters. The molecule has 0 bridgehead atoms. The molecule has 0 aromatic carbocycles. The Morgan fingerprint density at radius 2 is 1.79 bits per heavy atom. The van der Waals surface area contributed by atoms with E-state index in [9.17, 15) is 4.79 Å². The highest BCUT2D eigenvalue weighted by Gasteiger charge is 2.16. The van der Waals surface area contributed by atoms with E-state index in [2.05, 4.69) is 0 Å². The van der Waals surface area contributed by atoms with Gasteiger partial charge in [0.2, 0.25) is 0 Å². The van der Waals surface area contributed by atoms with Gasteiger partial charge >= 0.3 is 0 Å². The van der Waals surface area contributed by atoms with Crippen molar-refractivity contribution in [3.05, 3.63) is 0 Å². The molecule has 0 aromatic heterocycles. The molecule has 0 aliphatic heterocycles. The number of methoxy groups -OCH3 is 1. The number of aldehydes is 1. The van der Waals surface area contributed by atoms with Crippen LogP contribution in [0.3, 0.4) is 0 Å². The summed E-state index contributed by atoms with van der Waals surface area (Å²) in [6, 6.07) is -0.135. The van der Waals surface area contributed by atoms with Gasteiger partial charge in [0.15, 0.2) is 0 Å². The third-order valence-corrected chi connectivity index (χ3v) is 3.14. The minimum atomic E-state index is -0.169.